The maximum Gasteiger partial charge on any atom is 0.330 e. The molecule has 3 N–H and O–H groups in total. The first-order valence-corrected chi connectivity index (χ1v) is 15.0. The van der Waals surface area contributed by atoms with E-state index >= 15 is 0 Å². The number of nitrogens with one attached hydrogen (secondary N) is 3. The Balaban J connectivity index is 1.40. The minimum atomic E-state index is -0.711. The van der Waals surface area contributed by atoms with Gasteiger partial charge in [-0.15, -0.1) is 0 Å². The molecule has 0 bridgehead atoms. The molecular weight excluding hydrogens is 603 g/mol. The summed E-state index contributed by atoms with van der Waals surface area (Å²) in [7, 11) is 2.77. The number of aromatic nitrogens is 3. The van der Waals surface area contributed by atoms with Crippen LogP contribution in [-0.4, -0.2) is 38.5 Å². The van der Waals surface area contributed by atoms with Crippen molar-refractivity contribution in [2.45, 2.75) is 38.8 Å². The largest absolute Gasteiger partial charge is 0.352 e. The molecular formula is C32H32Cl2N6O4. The van der Waals surface area contributed by atoms with Crippen LogP contribution in [-0.2, 0) is 31.9 Å². The zero-order chi connectivity index (χ0) is 31.5. The lowest BCUT2D eigenvalue weighted by molar-refractivity contribution is -0.119. The van der Waals surface area contributed by atoms with Crippen molar-refractivity contribution in [3.63, 3.8) is 0 Å². The third-order valence-corrected chi connectivity index (χ3v) is 8.51. The quantitative estimate of drug-likeness (QED) is 0.252. The Morgan fingerprint density at radius 3 is 2.41 bits per heavy atom. The van der Waals surface area contributed by atoms with Crippen LogP contribution in [0, 0.1) is 0 Å². The molecule has 2 aromatic carbocycles. The van der Waals surface area contributed by atoms with E-state index in [1.807, 2.05) is 30.3 Å². The molecule has 1 atom stereocenters. The van der Waals surface area contributed by atoms with Gasteiger partial charge in [0.05, 0.1) is 21.4 Å². The predicted octanol–water partition coefficient (Wildman–Crippen LogP) is 4.30. The first-order valence-electron chi connectivity index (χ1n) is 14.2. The number of aryl methyl sites for hydroxylation is 2. The first kappa shape index (κ1) is 31.2. The molecule has 12 heteroatoms. The highest BCUT2D eigenvalue weighted by Crippen LogP contribution is 2.41. The Bertz CT molecular complexity index is 1880. The molecule has 1 saturated heterocycles. The highest BCUT2D eigenvalue weighted by atomic mass is 35.5. The number of anilines is 1. The molecule has 228 valence electrons. The fourth-order valence-corrected chi connectivity index (χ4v) is 5.89. The summed E-state index contributed by atoms with van der Waals surface area (Å²) in [5.41, 5.74) is 3.53. The summed E-state index contributed by atoms with van der Waals surface area (Å²) < 4.78 is 2.04. The second-order valence-corrected chi connectivity index (χ2v) is 11.4. The molecule has 3 heterocycles. The number of rotatable bonds is 9. The maximum atomic E-state index is 13.0. The molecule has 1 unspecified atom stereocenters. The predicted molar refractivity (Wildman–Crippen MR) is 172 cm³/mol. The number of nitrogens with zero attached hydrogens (tertiary/aromatic N) is 3. The van der Waals surface area contributed by atoms with Crippen LogP contribution in [0.25, 0.3) is 22.4 Å². The number of amides is 2. The molecule has 5 rings (SSSR count). The van der Waals surface area contributed by atoms with E-state index in [0.717, 1.165) is 38.8 Å². The Labute approximate surface area is 264 Å². The van der Waals surface area contributed by atoms with Crippen molar-refractivity contribution in [3.8, 4) is 22.4 Å². The van der Waals surface area contributed by atoms with E-state index in [9.17, 15) is 19.2 Å². The average Bonchev–Trinajstić information content (AvgIpc) is 3.44. The van der Waals surface area contributed by atoms with Crippen molar-refractivity contribution < 1.29 is 9.59 Å². The van der Waals surface area contributed by atoms with Gasteiger partial charge in [0, 0.05) is 68.2 Å². The lowest BCUT2D eigenvalue weighted by Gasteiger charge is -2.16. The Hall–Kier alpha value is -4.25. The highest BCUT2D eigenvalue weighted by molar-refractivity contribution is 6.39. The minimum absolute atomic E-state index is 0.0994. The summed E-state index contributed by atoms with van der Waals surface area (Å²) in [5.74, 6) is -0.596. The van der Waals surface area contributed by atoms with Crippen molar-refractivity contribution in [2.24, 2.45) is 14.1 Å². The summed E-state index contributed by atoms with van der Waals surface area (Å²) in [6, 6.07) is 14.9. The molecule has 4 aromatic rings. The number of halogens is 2. The second kappa shape index (κ2) is 13.2. The van der Waals surface area contributed by atoms with Crippen molar-refractivity contribution >= 4 is 40.7 Å². The summed E-state index contributed by atoms with van der Waals surface area (Å²) >= 11 is 13.8. The number of carbonyl (C=O) groups excluding carboxylic acids is 2. The van der Waals surface area contributed by atoms with E-state index in [0.29, 0.717) is 41.4 Å². The monoisotopic (exact) mass is 634 g/mol. The number of carbonyl (C=O) groups is 2. The normalized spacial score (nSPS) is 14.5. The SMILES string of the molecule is CCc1nc(-c2cccc(-c3cccc(NC(=O)c4cn(C)c(=O)n(C)c4=O)c3Cl)c2Cl)ccc1CNCC1CCC(=O)N1. The summed E-state index contributed by atoms with van der Waals surface area (Å²) in [5, 5.41) is 9.78. The lowest BCUT2D eigenvalue weighted by atomic mass is 9.99. The molecule has 0 spiro atoms. The van der Waals surface area contributed by atoms with Crippen LogP contribution in [0.1, 0.15) is 41.4 Å². The average molecular weight is 636 g/mol. The molecule has 0 saturated carbocycles. The van der Waals surface area contributed by atoms with Gasteiger partial charge in [0.1, 0.15) is 5.56 Å². The minimum Gasteiger partial charge on any atom is -0.352 e. The van der Waals surface area contributed by atoms with Gasteiger partial charge in [0.2, 0.25) is 5.91 Å². The van der Waals surface area contributed by atoms with Gasteiger partial charge in [-0.3, -0.25) is 23.9 Å². The summed E-state index contributed by atoms with van der Waals surface area (Å²) in [4.78, 5) is 54.0. The van der Waals surface area contributed by atoms with Crippen molar-refractivity contribution in [1.29, 1.82) is 0 Å². The standard InChI is InChI=1S/C32H32Cl2N6O4/c1-4-24-18(15-35-16-19-12-14-27(41)36-19)11-13-25(37-24)22-9-5-7-20(28(22)33)21-8-6-10-26(29(21)34)38-30(42)23-17-39(2)32(44)40(3)31(23)43/h5-11,13,17,19,35H,4,12,14-16H2,1-3H3,(H,36,41)(H,38,42). The van der Waals surface area contributed by atoms with Gasteiger partial charge >= 0.3 is 5.69 Å². The molecule has 1 aliphatic rings. The van der Waals surface area contributed by atoms with Crippen LogP contribution in [0.5, 0.6) is 0 Å². The fraction of sp³-hybridized carbons (Fsp3) is 0.281. The van der Waals surface area contributed by atoms with Gasteiger partial charge in [-0.1, -0.05) is 66.5 Å². The molecule has 1 aliphatic heterocycles. The Morgan fingerprint density at radius 1 is 1.00 bits per heavy atom. The van der Waals surface area contributed by atoms with Gasteiger partial charge in [-0.05, 0) is 30.5 Å². The molecule has 2 aromatic heterocycles. The van der Waals surface area contributed by atoms with Gasteiger partial charge in [-0.25, -0.2) is 4.79 Å². The third-order valence-electron chi connectivity index (χ3n) is 7.70. The van der Waals surface area contributed by atoms with E-state index in [4.69, 9.17) is 28.2 Å². The van der Waals surface area contributed by atoms with Crippen molar-refractivity contribution in [1.82, 2.24) is 24.8 Å². The van der Waals surface area contributed by atoms with Gasteiger partial charge in [-0.2, -0.15) is 0 Å². The maximum absolute atomic E-state index is 13.0. The molecule has 2 amide bonds. The first-order chi connectivity index (χ1) is 21.1. The van der Waals surface area contributed by atoms with E-state index in [1.54, 1.807) is 18.2 Å². The van der Waals surface area contributed by atoms with Crippen molar-refractivity contribution in [3.05, 3.63) is 102 Å². The number of benzene rings is 2. The van der Waals surface area contributed by atoms with E-state index in [-0.39, 0.29) is 28.2 Å². The van der Waals surface area contributed by atoms with Crippen molar-refractivity contribution in [2.75, 3.05) is 11.9 Å². The van der Waals surface area contributed by atoms with Gasteiger partial charge in [0.25, 0.3) is 11.5 Å². The third kappa shape index (κ3) is 6.33. The summed E-state index contributed by atoms with van der Waals surface area (Å²) in [6.45, 7) is 3.39. The Kier molecular flexibility index (Phi) is 9.33. The van der Waals surface area contributed by atoms with E-state index in [1.165, 1.54) is 20.3 Å². The zero-order valence-corrected chi connectivity index (χ0v) is 26.1. The molecule has 0 aliphatic carbocycles. The van der Waals surface area contributed by atoms with Crippen LogP contribution in [0.2, 0.25) is 10.0 Å². The molecule has 1 fully saturated rings. The molecule has 0 radical (unpaired) electrons. The smallest absolute Gasteiger partial charge is 0.330 e. The van der Waals surface area contributed by atoms with Gasteiger partial charge < -0.3 is 20.5 Å². The van der Waals surface area contributed by atoms with Crippen LogP contribution < -0.4 is 27.2 Å². The lowest BCUT2D eigenvalue weighted by Crippen LogP contribution is -2.40. The molecule has 10 nitrogen and oxygen atoms in total. The number of pyridine rings is 1. The zero-order valence-electron chi connectivity index (χ0n) is 24.5. The second-order valence-electron chi connectivity index (χ2n) is 10.7. The number of hydrogen-bond donors (Lipinski definition) is 3. The van der Waals surface area contributed by atoms with E-state index in [2.05, 4.69) is 22.9 Å². The van der Waals surface area contributed by atoms with Crippen LogP contribution >= 0.6 is 23.2 Å². The number of hydrogen-bond acceptors (Lipinski definition) is 6. The fourth-order valence-electron chi connectivity index (χ4n) is 5.29. The van der Waals surface area contributed by atoms with E-state index < -0.39 is 17.2 Å². The van der Waals surface area contributed by atoms with Crippen LogP contribution in [0.15, 0.2) is 64.3 Å². The topological polar surface area (TPSA) is 127 Å². The van der Waals surface area contributed by atoms with Crippen LogP contribution in [0.4, 0.5) is 5.69 Å². The van der Waals surface area contributed by atoms with Crippen LogP contribution in [0.3, 0.4) is 0 Å². The Morgan fingerprint density at radius 2 is 1.70 bits per heavy atom. The highest BCUT2D eigenvalue weighted by Gasteiger charge is 2.21. The molecule has 44 heavy (non-hydrogen) atoms. The summed E-state index contributed by atoms with van der Waals surface area (Å²) in [6.07, 6.45) is 3.35. The van der Waals surface area contributed by atoms with Gasteiger partial charge in [0.15, 0.2) is 0 Å².